The number of hydrogen-bond acceptors (Lipinski definition) is 6. The predicted octanol–water partition coefficient (Wildman–Crippen LogP) is 3.56. The Bertz CT molecular complexity index is 1730. The molecule has 2 aromatic carbocycles. The minimum atomic E-state index is -0.288. The Balaban J connectivity index is 1.37. The van der Waals surface area contributed by atoms with Gasteiger partial charge in [0.15, 0.2) is 0 Å². The van der Waals surface area contributed by atoms with E-state index in [1.165, 1.54) is 11.1 Å². The molecule has 1 unspecified atom stereocenters. The maximum atomic E-state index is 14.4. The largest absolute Gasteiger partial charge is 0.387 e. The lowest BCUT2D eigenvalue weighted by Crippen LogP contribution is -2.41. The Morgan fingerprint density at radius 1 is 1.13 bits per heavy atom. The van der Waals surface area contributed by atoms with Crippen molar-refractivity contribution in [2.24, 2.45) is 0 Å². The summed E-state index contributed by atoms with van der Waals surface area (Å²) in [6.45, 7) is 4.59. The number of hydrogen-bond donors (Lipinski definition) is 2. The number of rotatable bonds is 3. The van der Waals surface area contributed by atoms with Crippen molar-refractivity contribution in [2.75, 3.05) is 26.3 Å². The van der Waals surface area contributed by atoms with Crippen molar-refractivity contribution in [1.82, 2.24) is 29.8 Å². The second-order valence-corrected chi connectivity index (χ2v) is 10.5. The number of H-pyrrole nitrogens is 1. The van der Waals surface area contributed by atoms with Gasteiger partial charge >= 0.3 is 0 Å². The van der Waals surface area contributed by atoms with Crippen molar-refractivity contribution in [2.45, 2.75) is 38.1 Å². The van der Waals surface area contributed by atoms with E-state index in [0.29, 0.717) is 30.8 Å². The van der Waals surface area contributed by atoms with Gasteiger partial charge in [-0.2, -0.15) is 0 Å². The summed E-state index contributed by atoms with van der Waals surface area (Å²) in [5, 5.41) is 11.9. The molecule has 0 bridgehead atoms. The Hall–Kier alpha value is -4.24. The van der Waals surface area contributed by atoms with Crippen molar-refractivity contribution in [1.29, 1.82) is 0 Å². The van der Waals surface area contributed by atoms with E-state index in [1.54, 1.807) is 0 Å². The molecule has 0 radical (unpaired) electrons. The second kappa shape index (κ2) is 9.50. The number of ether oxygens (including phenoxy) is 1. The van der Waals surface area contributed by atoms with Crippen LogP contribution < -0.4 is 10.9 Å². The van der Waals surface area contributed by atoms with Gasteiger partial charge in [-0.1, -0.05) is 30.3 Å². The number of fused-ring (bicyclic) bond motifs is 4. The topological polar surface area (TPSA) is 105 Å². The Kier molecular flexibility index (Phi) is 5.81. The molecule has 2 aromatic heterocycles. The normalized spacial score (nSPS) is 19.7. The number of aromatic amines is 1. The van der Waals surface area contributed by atoms with Gasteiger partial charge in [0.05, 0.1) is 17.1 Å². The summed E-state index contributed by atoms with van der Waals surface area (Å²) in [5.74, 6) is 0.865. The van der Waals surface area contributed by atoms with Gasteiger partial charge in [-0.25, -0.2) is 0 Å². The fourth-order valence-corrected chi connectivity index (χ4v) is 6.26. The molecule has 9 heteroatoms. The van der Waals surface area contributed by atoms with Crippen LogP contribution in [0.5, 0.6) is 0 Å². The molecule has 1 amide bonds. The number of nitrogens with zero attached hydrogens (tertiary/aromatic N) is 4. The lowest BCUT2D eigenvalue weighted by Gasteiger charge is -2.39. The van der Waals surface area contributed by atoms with Gasteiger partial charge in [-0.05, 0) is 72.9 Å². The SMILES string of the molecule is Cc1cc2[nH]c(=O)c3nnc(C4CCOCC4)n3c2cc1C(=O)N1CCc2ccccc2C1C1=CCNC=C1. The first-order valence-electron chi connectivity index (χ1n) is 13.6. The lowest BCUT2D eigenvalue weighted by atomic mass is 9.86. The molecule has 1 fully saturated rings. The third kappa shape index (κ3) is 3.96. The highest BCUT2D eigenvalue weighted by Crippen LogP contribution is 2.38. The zero-order chi connectivity index (χ0) is 26.5. The summed E-state index contributed by atoms with van der Waals surface area (Å²) in [5.41, 5.74) is 6.35. The number of aryl methyl sites for hydroxylation is 1. The van der Waals surface area contributed by atoms with Crippen molar-refractivity contribution in [3.63, 3.8) is 0 Å². The highest BCUT2D eigenvalue weighted by molar-refractivity contribution is 6.00. The van der Waals surface area contributed by atoms with Gasteiger partial charge in [0, 0.05) is 37.8 Å². The number of carbonyl (C=O) groups excluding carboxylic acids is 1. The van der Waals surface area contributed by atoms with E-state index in [2.05, 4.69) is 50.8 Å². The Morgan fingerprint density at radius 2 is 1.97 bits per heavy atom. The summed E-state index contributed by atoms with van der Waals surface area (Å²) in [4.78, 5) is 32.2. The molecule has 0 aliphatic carbocycles. The quantitative estimate of drug-likeness (QED) is 0.427. The molecule has 1 saturated heterocycles. The molecule has 0 saturated carbocycles. The number of benzene rings is 2. The molecule has 0 spiro atoms. The maximum absolute atomic E-state index is 14.4. The highest BCUT2D eigenvalue weighted by Gasteiger charge is 2.34. The molecule has 7 rings (SSSR count). The fourth-order valence-electron chi connectivity index (χ4n) is 6.26. The van der Waals surface area contributed by atoms with Crippen molar-refractivity contribution in [3.05, 3.63) is 98.8 Å². The van der Waals surface area contributed by atoms with Crippen LogP contribution in [0.4, 0.5) is 0 Å². The summed E-state index contributed by atoms with van der Waals surface area (Å²) >= 11 is 0. The molecule has 39 heavy (non-hydrogen) atoms. The van der Waals surface area contributed by atoms with Crippen LogP contribution in [0.1, 0.15) is 57.7 Å². The zero-order valence-electron chi connectivity index (χ0n) is 21.8. The minimum Gasteiger partial charge on any atom is -0.387 e. The second-order valence-electron chi connectivity index (χ2n) is 10.5. The van der Waals surface area contributed by atoms with Gasteiger partial charge in [0.25, 0.3) is 11.5 Å². The smallest absolute Gasteiger partial charge is 0.294 e. The first-order chi connectivity index (χ1) is 19.1. The molecule has 5 heterocycles. The molecular formula is C30H30N6O3. The van der Waals surface area contributed by atoms with Gasteiger partial charge in [-0.3, -0.25) is 14.0 Å². The van der Waals surface area contributed by atoms with E-state index in [1.807, 2.05) is 40.6 Å². The summed E-state index contributed by atoms with van der Waals surface area (Å²) in [7, 11) is 0. The van der Waals surface area contributed by atoms with Crippen LogP contribution in [-0.2, 0) is 11.2 Å². The molecule has 3 aliphatic rings. The molecule has 198 valence electrons. The molecule has 9 nitrogen and oxygen atoms in total. The Morgan fingerprint density at radius 3 is 2.79 bits per heavy atom. The summed E-state index contributed by atoms with van der Waals surface area (Å²) < 4.78 is 7.40. The van der Waals surface area contributed by atoms with Crippen LogP contribution in [-0.4, -0.2) is 56.7 Å². The van der Waals surface area contributed by atoms with Crippen LogP contribution in [0.25, 0.3) is 16.7 Å². The third-order valence-corrected chi connectivity index (χ3v) is 8.25. The van der Waals surface area contributed by atoms with E-state index < -0.39 is 0 Å². The molecule has 2 N–H and O–H groups in total. The zero-order valence-corrected chi connectivity index (χ0v) is 21.8. The first kappa shape index (κ1) is 23.8. The summed E-state index contributed by atoms with van der Waals surface area (Å²) in [6.07, 6.45) is 8.62. The van der Waals surface area contributed by atoms with Gasteiger partial charge in [0.2, 0.25) is 5.65 Å². The van der Waals surface area contributed by atoms with Crippen molar-refractivity contribution >= 4 is 22.6 Å². The summed E-state index contributed by atoms with van der Waals surface area (Å²) in [6, 6.07) is 12.0. The van der Waals surface area contributed by atoms with E-state index in [4.69, 9.17) is 4.74 Å². The average Bonchev–Trinajstić information content (AvgIpc) is 3.43. The van der Waals surface area contributed by atoms with E-state index in [9.17, 15) is 9.59 Å². The average molecular weight is 523 g/mol. The number of aromatic nitrogens is 4. The Labute approximate surface area is 225 Å². The van der Waals surface area contributed by atoms with E-state index in [0.717, 1.165) is 48.3 Å². The molecule has 4 aromatic rings. The number of amides is 1. The van der Waals surface area contributed by atoms with Crippen LogP contribution in [0.15, 0.2) is 65.1 Å². The molecular weight excluding hydrogens is 492 g/mol. The minimum absolute atomic E-state index is 0.0261. The maximum Gasteiger partial charge on any atom is 0.294 e. The van der Waals surface area contributed by atoms with Gasteiger partial charge in [0.1, 0.15) is 5.82 Å². The van der Waals surface area contributed by atoms with Crippen LogP contribution >= 0.6 is 0 Å². The van der Waals surface area contributed by atoms with Crippen LogP contribution in [0.3, 0.4) is 0 Å². The number of nitrogens with one attached hydrogen (secondary N) is 2. The molecule has 3 aliphatic heterocycles. The van der Waals surface area contributed by atoms with Crippen molar-refractivity contribution < 1.29 is 9.53 Å². The first-order valence-corrected chi connectivity index (χ1v) is 13.6. The van der Waals surface area contributed by atoms with Crippen molar-refractivity contribution in [3.8, 4) is 0 Å². The molecule has 1 atom stereocenters. The van der Waals surface area contributed by atoms with E-state index in [-0.39, 0.29) is 29.1 Å². The lowest BCUT2D eigenvalue weighted by molar-refractivity contribution is 0.0693. The van der Waals surface area contributed by atoms with Crippen LogP contribution in [0.2, 0.25) is 0 Å². The third-order valence-electron chi connectivity index (χ3n) is 8.25. The van der Waals surface area contributed by atoms with Gasteiger partial charge in [-0.15, -0.1) is 10.2 Å². The number of dihydropyridines is 1. The van der Waals surface area contributed by atoms with Gasteiger partial charge < -0.3 is 19.9 Å². The predicted molar refractivity (Wildman–Crippen MR) is 148 cm³/mol. The standard InChI is InChI=1S/C30H30N6O3/c1-18-16-24-25(36-27(21-9-14-39-15-10-21)33-34-28(36)29(37)32-24)17-23(18)30(38)35-13-8-19-4-2-3-5-22(19)26(35)20-6-11-31-12-7-20/h2-7,11,16-17,21,26,31H,8-10,12-15H2,1H3,(H,32,37). The van der Waals surface area contributed by atoms with Crippen LogP contribution in [0, 0.1) is 6.92 Å². The highest BCUT2D eigenvalue weighted by atomic mass is 16.5. The number of carbonyl (C=O) groups is 1. The fraction of sp³-hybridized carbons (Fsp3) is 0.333. The van der Waals surface area contributed by atoms with E-state index >= 15 is 0 Å². The monoisotopic (exact) mass is 522 g/mol.